The number of benzene rings is 2. The minimum atomic E-state index is -0.339. The van der Waals surface area contributed by atoms with Crippen LogP contribution in [0.2, 0.25) is 13.1 Å². The molecule has 2 aromatic rings. The predicted octanol–water partition coefficient (Wildman–Crippen LogP) is 7.28. The number of hydrogen-bond acceptors (Lipinski definition) is 0. The third-order valence-corrected chi connectivity index (χ3v) is 6.36. The summed E-state index contributed by atoms with van der Waals surface area (Å²) >= 11 is 0. The summed E-state index contributed by atoms with van der Waals surface area (Å²) in [6, 6.07) is 17.5. The molecule has 0 nitrogen and oxygen atoms in total. The van der Waals surface area contributed by atoms with Crippen molar-refractivity contribution in [3.8, 4) is 11.1 Å². The Bertz CT molecular complexity index is 760. The van der Waals surface area contributed by atoms with E-state index in [1.807, 2.05) is 38.2 Å². The van der Waals surface area contributed by atoms with Crippen molar-refractivity contribution in [2.24, 2.45) is 0 Å². The van der Waals surface area contributed by atoms with Crippen LogP contribution >= 0.6 is 0 Å². The Morgan fingerprint density at radius 3 is 2.00 bits per heavy atom. The minimum Gasteiger partial charge on any atom is -0.0877 e. The predicted molar refractivity (Wildman–Crippen MR) is 115 cm³/mol. The maximum Gasteiger partial charge on any atom is 0.0551 e. The molecule has 0 saturated carbocycles. The molecule has 2 aromatic carbocycles. The standard InChI is InChI=1S/C18H19Si.C6H10.Ti/c1-13-12-17-15(14-8-5-4-6-9-14)10-7-11-16(17)18(13)19(2)3;1-3-5-6-4-2;/h4-12,18H,1-3H3;3-6H,1-2H3;/b;5-3+,6-4+;. The normalized spacial score (nSPS) is 15.5. The zero-order chi connectivity index (χ0) is 18.2. The summed E-state index contributed by atoms with van der Waals surface area (Å²) in [5, 5.41) is 0. The zero-order valence-electron chi connectivity index (χ0n) is 16.6. The van der Waals surface area contributed by atoms with Crippen molar-refractivity contribution in [1.29, 1.82) is 0 Å². The van der Waals surface area contributed by atoms with Crippen LogP contribution in [0.25, 0.3) is 17.2 Å². The van der Waals surface area contributed by atoms with Gasteiger partial charge in [-0.2, -0.15) is 0 Å². The van der Waals surface area contributed by atoms with Gasteiger partial charge in [-0.1, -0.05) is 97.6 Å². The number of hydrogen-bond donors (Lipinski definition) is 0. The third kappa shape index (κ3) is 5.54. The van der Waals surface area contributed by atoms with E-state index in [0.717, 1.165) is 0 Å². The van der Waals surface area contributed by atoms with Crippen LogP contribution in [0.1, 0.15) is 37.4 Å². The monoisotopic (exact) mass is 393 g/mol. The quantitative estimate of drug-likeness (QED) is 0.380. The van der Waals surface area contributed by atoms with Crippen molar-refractivity contribution in [3.63, 3.8) is 0 Å². The van der Waals surface area contributed by atoms with Crippen LogP contribution in [0, 0.1) is 0 Å². The summed E-state index contributed by atoms with van der Waals surface area (Å²) in [5.41, 5.74) is 7.91. The molecule has 1 aliphatic rings. The molecule has 26 heavy (non-hydrogen) atoms. The summed E-state index contributed by atoms with van der Waals surface area (Å²) in [4.78, 5) is 0. The second-order valence-electron chi connectivity index (χ2n) is 6.62. The Hall–Kier alpha value is -1.41. The van der Waals surface area contributed by atoms with Crippen LogP contribution in [-0.2, 0) is 21.7 Å². The summed E-state index contributed by atoms with van der Waals surface area (Å²) in [6.45, 7) is 11.1. The van der Waals surface area contributed by atoms with E-state index >= 15 is 0 Å². The van der Waals surface area contributed by atoms with Gasteiger partial charge >= 0.3 is 0 Å². The van der Waals surface area contributed by atoms with Crippen LogP contribution < -0.4 is 0 Å². The van der Waals surface area contributed by atoms with E-state index in [2.05, 4.69) is 74.6 Å². The van der Waals surface area contributed by atoms with Crippen LogP contribution in [0.15, 0.2) is 78.4 Å². The molecule has 0 aliphatic heterocycles. The first kappa shape index (κ1) is 22.6. The maximum absolute atomic E-state index is 2.41. The Balaban J connectivity index is 0.000000422. The van der Waals surface area contributed by atoms with E-state index in [0.29, 0.717) is 5.54 Å². The average molecular weight is 393 g/mol. The molecule has 0 aromatic heterocycles. The van der Waals surface area contributed by atoms with Gasteiger partial charge in [0.2, 0.25) is 0 Å². The molecule has 0 amide bonds. The zero-order valence-corrected chi connectivity index (χ0v) is 19.1. The van der Waals surface area contributed by atoms with E-state index in [1.165, 1.54) is 27.8 Å². The van der Waals surface area contributed by atoms with Gasteiger partial charge in [-0.15, -0.1) is 0 Å². The van der Waals surface area contributed by atoms with Crippen molar-refractivity contribution in [1.82, 2.24) is 0 Å². The van der Waals surface area contributed by atoms with E-state index < -0.39 is 0 Å². The van der Waals surface area contributed by atoms with Crippen LogP contribution in [0.4, 0.5) is 0 Å². The van der Waals surface area contributed by atoms with Gasteiger partial charge in [-0.25, -0.2) is 0 Å². The molecular weight excluding hydrogens is 364 g/mol. The number of fused-ring (bicyclic) bond motifs is 1. The molecule has 0 spiro atoms. The SMILES string of the molecule is C/C=C/C=C/C.CC1=Cc2c(-c3ccccc3)cccc2C1[Si](C)C.[Ti]. The molecule has 0 N–H and O–H groups in total. The first-order chi connectivity index (χ1) is 12.1. The van der Waals surface area contributed by atoms with E-state index in [9.17, 15) is 0 Å². The third-order valence-electron chi connectivity index (χ3n) is 4.44. The smallest absolute Gasteiger partial charge is 0.0551 e. The summed E-state index contributed by atoms with van der Waals surface area (Å²) in [6.07, 6.45) is 10.4. The van der Waals surface area contributed by atoms with Crippen LogP contribution in [0.3, 0.4) is 0 Å². The van der Waals surface area contributed by atoms with E-state index in [1.54, 1.807) is 0 Å². The fourth-order valence-corrected chi connectivity index (χ4v) is 5.28. The Labute approximate surface area is 176 Å². The summed E-state index contributed by atoms with van der Waals surface area (Å²) < 4.78 is 0. The molecule has 3 rings (SSSR count). The molecule has 133 valence electrons. The molecule has 1 aliphatic carbocycles. The van der Waals surface area contributed by atoms with Crippen molar-refractivity contribution in [3.05, 3.63) is 89.5 Å². The van der Waals surface area contributed by atoms with E-state index in [4.69, 9.17) is 0 Å². The number of rotatable bonds is 3. The molecule has 0 bridgehead atoms. The van der Waals surface area contributed by atoms with Gasteiger partial charge in [-0.3, -0.25) is 0 Å². The van der Waals surface area contributed by atoms with Gasteiger partial charge in [0.05, 0.1) is 8.80 Å². The van der Waals surface area contributed by atoms with Crippen LogP contribution in [-0.4, -0.2) is 8.80 Å². The largest absolute Gasteiger partial charge is 0.0877 e. The fraction of sp³-hybridized carbons (Fsp3) is 0.250. The Morgan fingerprint density at radius 1 is 0.846 bits per heavy atom. The second kappa shape index (κ2) is 11.3. The molecule has 0 fully saturated rings. The second-order valence-corrected chi connectivity index (χ2v) is 9.36. The van der Waals surface area contributed by atoms with E-state index in [-0.39, 0.29) is 30.5 Å². The Morgan fingerprint density at radius 2 is 1.46 bits per heavy atom. The molecular formula is C24H29SiTi. The van der Waals surface area contributed by atoms with Crippen molar-refractivity contribution in [2.75, 3.05) is 0 Å². The van der Waals surface area contributed by atoms with Gasteiger partial charge in [0.1, 0.15) is 0 Å². The van der Waals surface area contributed by atoms with Crippen molar-refractivity contribution >= 4 is 14.9 Å². The van der Waals surface area contributed by atoms with Gasteiger partial charge < -0.3 is 0 Å². The fourth-order valence-electron chi connectivity index (χ4n) is 3.41. The Kier molecular flexibility index (Phi) is 9.87. The van der Waals surface area contributed by atoms with Crippen molar-refractivity contribution in [2.45, 2.75) is 39.4 Å². The molecule has 1 atom stereocenters. The summed E-state index contributed by atoms with van der Waals surface area (Å²) in [7, 11) is -0.339. The maximum atomic E-state index is 2.41. The topological polar surface area (TPSA) is 0 Å². The van der Waals surface area contributed by atoms with Gasteiger partial charge in [0, 0.05) is 21.7 Å². The summed E-state index contributed by atoms with van der Waals surface area (Å²) in [5.74, 6) is 0. The first-order valence-corrected chi connectivity index (χ1v) is 11.6. The molecule has 1 radical (unpaired) electrons. The van der Waals surface area contributed by atoms with Crippen molar-refractivity contribution < 1.29 is 21.7 Å². The molecule has 1 unspecified atom stereocenters. The number of allylic oxidation sites excluding steroid dienone is 5. The average Bonchev–Trinajstić information content (AvgIpc) is 2.97. The van der Waals surface area contributed by atoms with Crippen LogP contribution in [0.5, 0.6) is 0 Å². The molecule has 0 saturated heterocycles. The molecule has 0 heterocycles. The van der Waals surface area contributed by atoms with Gasteiger partial charge in [0.15, 0.2) is 0 Å². The molecule has 2 heteroatoms. The van der Waals surface area contributed by atoms with Gasteiger partial charge in [0.25, 0.3) is 0 Å². The minimum absolute atomic E-state index is 0. The van der Waals surface area contributed by atoms with Gasteiger partial charge in [-0.05, 0) is 48.6 Å². The first-order valence-electron chi connectivity index (χ1n) is 9.00.